The first-order valence-electron chi connectivity index (χ1n) is 14.2. The molecule has 9 nitrogen and oxygen atoms in total. The summed E-state index contributed by atoms with van der Waals surface area (Å²) in [4.78, 5) is 31.8. The highest BCUT2D eigenvalue weighted by Crippen LogP contribution is 2.42. The number of guanidine groups is 1. The van der Waals surface area contributed by atoms with Crippen molar-refractivity contribution in [2.24, 2.45) is 10.7 Å². The van der Waals surface area contributed by atoms with E-state index in [1.807, 2.05) is 19.0 Å². The first-order valence-corrected chi connectivity index (χ1v) is 14.6. The number of fused-ring (bicyclic) bond motifs is 3. The van der Waals surface area contributed by atoms with E-state index >= 15 is 0 Å². The Morgan fingerprint density at radius 2 is 1.84 bits per heavy atom. The van der Waals surface area contributed by atoms with Crippen molar-refractivity contribution in [1.82, 2.24) is 19.8 Å². The third-order valence-corrected chi connectivity index (χ3v) is 8.24. The Morgan fingerprint density at radius 3 is 2.55 bits per heavy atom. The number of anilines is 4. The number of hydrogen-bond acceptors (Lipinski definition) is 6. The number of aliphatic imine (C=N–C) groups is 1. The highest BCUT2D eigenvalue weighted by Gasteiger charge is 2.27. The lowest BCUT2D eigenvalue weighted by Crippen LogP contribution is -2.39. The van der Waals surface area contributed by atoms with Crippen molar-refractivity contribution in [3.05, 3.63) is 94.6 Å². The highest BCUT2D eigenvalue weighted by molar-refractivity contribution is 6.31. The first-order chi connectivity index (χ1) is 21.2. The number of nitrogens with two attached hydrogens (primary N) is 1. The number of halogens is 3. The van der Waals surface area contributed by atoms with Gasteiger partial charge in [0, 0.05) is 53.7 Å². The van der Waals surface area contributed by atoms with Gasteiger partial charge in [0.2, 0.25) is 5.95 Å². The quantitative estimate of drug-likeness (QED) is 0.221. The average molecular weight is 617 g/mol. The number of nitrogens with one attached hydrogen (secondary N) is 1. The minimum atomic E-state index is -0.667. The molecule has 1 unspecified atom stereocenters. The number of carbonyl (C=O) groups is 1. The molecule has 1 amide bonds. The fourth-order valence-electron chi connectivity index (χ4n) is 5.58. The van der Waals surface area contributed by atoms with Crippen LogP contribution < -0.4 is 16.0 Å². The second-order valence-electron chi connectivity index (χ2n) is 11.0. The van der Waals surface area contributed by atoms with Gasteiger partial charge in [-0.1, -0.05) is 17.7 Å². The van der Waals surface area contributed by atoms with E-state index in [1.165, 1.54) is 18.2 Å². The van der Waals surface area contributed by atoms with Crippen LogP contribution in [0.3, 0.4) is 0 Å². The Labute approximate surface area is 259 Å². The summed E-state index contributed by atoms with van der Waals surface area (Å²) in [6.45, 7) is 1.78. The number of benzene rings is 3. The van der Waals surface area contributed by atoms with Gasteiger partial charge in [0.1, 0.15) is 17.3 Å². The monoisotopic (exact) mass is 616 g/mol. The maximum atomic E-state index is 14.9. The number of hydrogen-bond donors (Lipinski definition) is 2. The minimum absolute atomic E-state index is 0.144. The average Bonchev–Trinajstić information content (AvgIpc) is 3.45. The third-order valence-electron chi connectivity index (χ3n) is 8.00. The van der Waals surface area contributed by atoms with Crippen LogP contribution in [0, 0.1) is 11.6 Å². The van der Waals surface area contributed by atoms with E-state index in [0.29, 0.717) is 58.2 Å². The maximum Gasteiger partial charge on any atom is 0.280 e. The Kier molecular flexibility index (Phi) is 8.15. The number of nitrogens with zero attached hydrogens (tertiary/aromatic N) is 6. The zero-order valence-corrected chi connectivity index (χ0v) is 25.0. The lowest BCUT2D eigenvalue weighted by molar-refractivity contribution is 0.100. The van der Waals surface area contributed by atoms with Gasteiger partial charge in [-0.15, -0.1) is 0 Å². The van der Waals surface area contributed by atoms with Crippen LogP contribution in [0.5, 0.6) is 0 Å². The molecular weight excluding hydrogens is 586 g/mol. The van der Waals surface area contributed by atoms with E-state index in [4.69, 9.17) is 22.3 Å². The summed E-state index contributed by atoms with van der Waals surface area (Å²) in [5.74, 6) is -1.21. The van der Waals surface area contributed by atoms with Crippen molar-refractivity contribution in [2.45, 2.75) is 18.9 Å². The van der Waals surface area contributed by atoms with Crippen LogP contribution in [0.4, 0.5) is 31.8 Å². The van der Waals surface area contributed by atoms with Gasteiger partial charge in [0.25, 0.3) is 5.91 Å². The molecule has 0 spiro atoms. The largest absolute Gasteiger partial charge is 0.369 e. The van der Waals surface area contributed by atoms with Crippen molar-refractivity contribution in [3.63, 3.8) is 0 Å². The Hall–Kier alpha value is -4.61. The number of aromatic nitrogens is 2. The van der Waals surface area contributed by atoms with Crippen molar-refractivity contribution in [1.29, 1.82) is 0 Å². The fourth-order valence-corrected chi connectivity index (χ4v) is 5.75. The minimum Gasteiger partial charge on any atom is -0.369 e. The number of carbonyl (C=O) groups excluding carboxylic acids is 1. The number of likely N-dealkylation sites (N-methyl/N-ethyl adjacent to an activating group) is 1. The van der Waals surface area contributed by atoms with E-state index in [9.17, 15) is 13.6 Å². The Bertz CT molecular complexity index is 1730. The summed E-state index contributed by atoms with van der Waals surface area (Å²) in [7, 11) is 4.05. The van der Waals surface area contributed by atoms with E-state index in [1.54, 1.807) is 53.6 Å². The third kappa shape index (κ3) is 5.93. The molecule has 3 heterocycles. The molecule has 1 fully saturated rings. The second-order valence-corrected chi connectivity index (χ2v) is 11.5. The summed E-state index contributed by atoms with van der Waals surface area (Å²) in [6.07, 6.45) is 3.12. The molecule has 0 bridgehead atoms. The molecule has 6 rings (SSSR count). The highest BCUT2D eigenvalue weighted by atomic mass is 35.5. The van der Waals surface area contributed by atoms with Gasteiger partial charge >= 0.3 is 0 Å². The summed E-state index contributed by atoms with van der Waals surface area (Å²) >= 11 is 6.34. The molecule has 2 aliphatic rings. The number of amides is 1. The summed E-state index contributed by atoms with van der Waals surface area (Å²) in [5.41, 5.74) is 9.71. The first kappa shape index (κ1) is 29.5. The smallest absolute Gasteiger partial charge is 0.280 e. The maximum absolute atomic E-state index is 14.9. The number of likely N-dealkylation sites (tertiary alicyclic amines) is 1. The van der Waals surface area contributed by atoms with Crippen LogP contribution in [-0.4, -0.2) is 71.4 Å². The second kappa shape index (κ2) is 12.2. The predicted molar refractivity (Wildman–Crippen MR) is 169 cm³/mol. The molecule has 2 aliphatic heterocycles. The fraction of sp³-hybridized carbons (Fsp3) is 0.250. The Balaban J connectivity index is 1.23. The molecule has 226 valence electrons. The van der Waals surface area contributed by atoms with Crippen LogP contribution in [0.1, 0.15) is 22.3 Å². The SMILES string of the molecule is CN(C)C1CCN(C(N)=NC(=O)c2ccc(Nc3ncc4c(n3)-c3ccc(Cl)cc3N(c3c(F)cccc3F)CC4)cc2)C1. The molecule has 1 aromatic heterocycles. The molecule has 0 saturated carbocycles. The van der Waals surface area contributed by atoms with Crippen molar-refractivity contribution in [2.75, 3.05) is 43.9 Å². The van der Waals surface area contributed by atoms with E-state index in [2.05, 4.69) is 20.2 Å². The van der Waals surface area contributed by atoms with E-state index < -0.39 is 17.5 Å². The molecule has 4 aromatic rings. The molecule has 3 aromatic carbocycles. The standard InChI is InChI=1S/C32H31ClF2N8O/c1-41(2)23-13-14-42(18-23)31(36)40-30(44)19-6-9-22(10-7-19)38-32-37-17-20-12-15-43(29-25(34)4-3-5-26(29)35)27-16-21(33)8-11-24(27)28(20)39-32/h3-11,16-17,23H,12-15,18H2,1-2H3,(H2,36,40,44)(H,37,38,39). The van der Waals surface area contributed by atoms with Gasteiger partial charge in [-0.2, -0.15) is 4.99 Å². The van der Waals surface area contributed by atoms with Gasteiger partial charge in [-0.05, 0) is 87.1 Å². The van der Waals surface area contributed by atoms with Gasteiger partial charge < -0.3 is 25.8 Å². The molecular formula is C32H31ClF2N8O. The lowest BCUT2D eigenvalue weighted by Gasteiger charge is -2.26. The number of rotatable bonds is 5. The zero-order chi connectivity index (χ0) is 31.0. The predicted octanol–water partition coefficient (Wildman–Crippen LogP) is 5.60. The van der Waals surface area contributed by atoms with Crippen LogP contribution in [0.25, 0.3) is 11.3 Å². The topological polar surface area (TPSA) is 103 Å². The molecule has 0 radical (unpaired) electrons. The molecule has 0 aliphatic carbocycles. The molecule has 3 N–H and O–H groups in total. The zero-order valence-electron chi connectivity index (χ0n) is 24.3. The van der Waals surface area contributed by atoms with Crippen LogP contribution in [0.2, 0.25) is 5.02 Å². The number of para-hydroxylation sites is 1. The summed E-state index contributed by atoms with van der Waals surface area (Å²) in [5, 5.41) is 3.61. The normalized spacial score (nSPS) is 16.5. The van der Waals surface area contributed by atoms with Gasteiger partial charge in [0.15, 0.2) is 5.96 Å². The molecule has 1 saturated heterocycles. The van der Waals surface area contributed by atoms with Crippen molar-refractivity contribution in [3.8, 4) is 11.3 Å². The molecule has 1 atom stereocenters. The lowest BCUT2D eigenvalue weighted by atomic mass is 10.0. The Morgan fingerprint density at radius 1 is 1.09 bits per heavy atom. The summed E-state index contributed by atoms with van der Waals surface area (Å²) in [6, 6.07) is 16.2. The van der Waals surface area contributed by atoms with Crippen LogP contribution >= 0.6 is 11.6 Å². The molecule has 12 heteroatoms. The van der Waals surface area contributed by atoms with E-state index in [0.717, 1.165) is 25.1 Å². The van der Waals surface area contributed by atoms with Gasteiger partial charge in [-0.3, -0.25) is 4.79 Å². The van der Waals surface area contributed by atoms with Crippen LogP contribution in [0.15, 0.2) is 71.9 Å². The van der Waals surface area contributed by atoms with Gasteiger partial charge in [0.05, 0.1) is 11.4 Å². The van der Waals surface area contributed by atoms with Crippen LogP contribution in [-0.2, 0) is 6.42 Å². The van der Waals surface area contributed by atoms with E-state index in [-0.39, 0.29) is 11.6 Å². The molecule has 44 heavy (non-hydrogen) atoms. The van der Waals surface area contributed by atoms with Crippen molar-refractivity contribution < 1.29 is 13.6 Å². The summed E-state index contributed by atoms with van der Waals surface area (Å²) < 4.78 is 29.7. The van der Waals surface area contributed by atoms with Crippen molar-refractivity contribution >= 4 is 46.5 Å². The van der Waals surface area contributed by atoms with Gasteiger partial charge in [-0.25, -0.2) is 18.7 Å².